The van der Waals surface area contributed by atoms with Gasteiger partial charge in [-0.3, -0.25) is 4.79 Å². The molecule has 1 atom stereocenters. The summed E-state index contributed by atoms with van der Waals surface area (Å²) in [5.74, 6) is 0.963. The maximum absolute atomic E-state index is 12.4. The fourth-order valence-corrected chi connectivity index (χ4v) is 3.77. The first-order valence-corrected chi connectivity index (χ1v) is 10.5. The van der Waals surface area contributed by atoms with E-state index in [2.05, 4.69) is 34.6 Å². The van der Waals surface area contributed by atoms with Crippen LogP contribution in [0.15, 0.2) is 82.4 Å². The normalized spacial score (nSPS) is 12.0. The molecule has 146 valence electrons. The van der Waals surface area contributed by atoms with Crippen LogP contribution in [0.25, 0.3) is 10.8 Å². The molecule has 1 heterocycles. The summed E-state index contributed by atoms with van der Waals surface area (Å²) in [5.41, 5.74) is 2.03. The first-order chi connectivity index (χ1) is 14.2. The highest BCUT2D eigenvalue weighted by Crippen LogP contribution is 2.25. The van der Waals surface area contributed by atoms with Crippen molar-refractivity contribution >= 4 is 34.1 Å². The summed E-state index contributed by atoms with van der Waals surface area (Å²) < 4.78 is 5.71. The fourth-order valence-electron chi connectivity index (χ4n) is 3.19. The molecule has 3 aromatic carbocycles. The lowest BCUT2D eigenvalue weighted by Crippen LogP contribution is -2.14. The summed E-state index contributed by atoms with van der Waals surface area (Å²) in [6.45, 7) is 2.13. The van der Waals surface area contributed by atoms with Gasteiger partial charge in [-0.25, -0.2) is 0 Å². The van der Waals surface area contributed by atoms with Crippen LogP contribution in [-0.4, -0.2) is 21.9 Å². The molecule has 5 nitrogen and oxygen atoms in total. The third-order valence-electron chi connectivity index (χ3n) is 4.69. The monoisotopic (exact) mass is 403 g/mol. The van der Waals surface area contributed by atoms with Gasteiger partial charge in [-0.15, -0.1) is 10.2 Å². The fraction of sp³-hybridized carbons (Fsp3) is 0.174. The second kappa shape index (κ2) is 8.92. The van der Waals surface area contributed by atoms with E-state index in [1.165, 1.54) is 17.3 Å². The predicted molar refractivity (Wildman–Crippen MR) is 116 cm³/mol. The first-order valence-electron chi connectivity index (χ1n) is 9.47. The molecule has 0 aliphatic rings. The molecule has 4 aromatic rings. The van der Waals surface area contributed by atoms with Crippen LogP contribution in [-0.2, 0) is 11.2 Å². The number of anilines is 1. The van der Waals surface area contributed by atoms with Gasteiger partial charge in [0.2, 0.25) is 11.8 Å². The maximum Gasteiger partial charge on any atom is 0.277 e. The number of hydrogen-bond acceptors (Lipinski definition) is 5. The van der Waals surface area contributed by atoms with Crippen molar-refractivity contribution in [2.24, 2.45) is 0 Å². The zero-order chi connectivity index (χ0) is 20.1. The van der Waals surface area contributed by atoms with Crippen molar-refractivity contribution in [2.75, 3.05) is 11.1 Å². The zero-order valence-electron chi connectivity index (χ0n) is 16.0. The Bertz CT molecular complexity index is 1110. The Kier molecular flexibility index (Phi) is 5.91. The predicted octanol–water partition coefficient (Wildman–Crippen LogP) is 5.30. The maximum atomic E-state index is 12.4. The molecular weight excluding hydrogens is 382 g/mol. The lowest BCUT2D eigenvalue weighted by atomic mass is 9.98. The average Bonchev–Trinajstić information content (AvgIpc) is 3.20. The van der Waals surface area contributed by atoms with E-state index in [1.807, 2.05) is 60.7 Å². The molecule has 0 spiro atoms. The van der Waals surface area contributed by atoms with Gasteiger partial charge in [0.05, 0.1) is 5.75 Å². The van der Waals surface area contributed by atoms with E-state index in [9.17, 15) is 4.79 Å². The number of nitrogens with zero attached hydrogens (tertiary/aromatic N) is 2. The largest absolute Gasteiger partial charge is 0.416 e. The molecule has 0 aliphatic heterocycles. The van der Waals surface area contributed by atoms with E-state index in [0.29, 0.717) is 17.5 Å². The second-order valence-corrected chi connectivity index (χ2v) is 7.77. The number of aromatic nitrogens is 2. The van der Waals surface area contributed by atoms with Gasteiger partial charge < -0.3 is 9.73 Å². The third kappa shape index (κ3) is 4.84. The average molecular weight is 404 g/mol. The van der Waals surface area contributed by atoms with Crippen molar-refractivity contribution in [1.29, 1.82) is 0 Å². The van der Waals surface area contributed by atoms with Gasteiger partial charge in [0.15, 0.2) is 0 Å². The van der Waals surface area contributed by atoms with Crippen LogP contribution in [0, 0.1) is 0 Å². The molecule has 4 rings (SSSR count). The molecule has 0 bridgehead atoms. The molecule has 0 saturated carbocycles. The molecule has 1 aromatic heterocycles. The molecule has 1 unspecified atom stereocenters. The lowest BCUT2D eigenvalue weighted by Gasteiger charge is -2.08. The van der Waals surface area contributed by atoms with E-state index in [0.717, 1.165) is 16.5 Å². The summed E-state index contributed by atoms with van der Waals surface area (Å²) >= 11 is 1.24. The Morgan fingerprint density at radius 1 is 1.00 bits per heavy atom. The van der Waals surface area contributed by atoms with Crippen LogP contribution in [0.2, 0.25) is 0 Å². The number of carbonyl (C=O) groups excluding carboxylic acids is 1. The molecule has 1 N–H and O–H groups in total. The van der Waals surface area contributed by atoms with Gasteiger partial charge in [0.1, 0.15) is 0 Å². The molecule has 0 saturated heterocycles. The molecule has 1 amide bonds. The summed E-state index contributed by atoms with van der Waals surface area (Å²) in [4.78, 5) is 12.4. The van der Waals surface area contributed by atoms with Gasteiger partial charge >= 0.3 is 0 Å². The number of rotatable bonds is 7. The van der Waals surface area contributed by atoms with Crippen LogP contribution in [0.4, 0.5) is 5.69 Å². The van der Waals surface area contributed by atoms with Gasteiger partial charge in [-0.1, -0.05) is 85.4 Å². The number of nitrogens with one attached hydrogen (secondary N) is 1. The highest BCUT2D eigenvalue weighted by Gasteiger charge is 2.14. The molecule has 6 heteroatoms. The van der Waals surface area contributed by atoms with E-state index in [-0.39, 0.29) is 17.6 Å². The highest BCUT2D eigenvalue weighted by molar-refractivity contribution is 7.99. The Balaban J connectivity index is 1.33. The summed E-state index contributed by atoms with van der Waals surface area (Å²) in [6, 6.07) is 24.1. The van der Waals surface area contributed by atoms with Crippen LogP contribution >= 0.6 is 11.8 Å². The van der Waals surface area contributed by atoms with Crippen LogP contribution < -0.4 is 5.32 Å². The number of amides is 1. The quantitative estimate of drug-likeness (QED) is 0.424. The smallest absolute Gasteiger partial charge is 0.277 e. The molecule has 29 heavy (non-hydrogen) atoms. The van der Waals surface area contributed by atoms with Crippen molar-refractivity contribution in [3.05, 3.63) is 84.3 Å². The molecule has 0 radical (unpaired) electrons. The lowest BCUT2D eigenvalue weighted by molar-refractivity contribution is -0.113. The number of benzene rings is 3. The molecular formula is C23H21N3O2S. The van der Waals surface area contributed by atoms with E-state index < -0.39 is 0 Å². The van der Waals surface area contributed by atoms with Crippen molar-refractivity contribution in [3.63, 3.8) is 0 Å². The molecule has 0 fully saturated rings. The first kappa shape index (κ1) is 19.2. The van der Waals surface area contributed by atoms with E-state index in [1.54, 1.807) is 0 Å². The van der Waals surface area contributed by atoms with Crippen LogP contribution in [0.3, 0.4) is 0 Å². The van der Waals surface area contributed by atoms with Gasteiger partial charge in [0.25, 0.3) is 5.22 Å². The van der Waals surface area contributed by atoms with Gasteiger partial charge in [-0.2, -0.15) is 0 Å². The Morgan fingerprint density at radius 3 is 2.62 bits per heavy atom. The number of thioether (sulfide) groups is 1. The van der Waals surface area contributed by atoms with Gasteiger partial charge in [0, 0.05) is 17.5 Å². The van der Waals surface area contributed by atoms with Crippen molar-refractivity contribution < 1.29 is 9.21 Å². The SMILES string of the molecule is CC(Cc1nnc(SCC(=O)Nc2cccc3ccccc23)o1)c1ccccc1. The van der Waals surface area contributed by atoms with E-state index in [4.69, 9.17) is 4.42 Å². The minimum absolute atomic E-state index is 0.108. The summed E-state index contributed by atoms with van der Waals surface area (Å²) in [7, 11) is 0. The minimum atomic E-state index is -0.108. The standard InChI is InChI=1S/C23H21N3O2S/c1-16(17-8-3-2-4-9-17)14-22-25-26-23(28-22)29-15-21(27)24-20-13-7-11-18-10-5-6-12-19(18)20/h2-13,16H,14-15H2,1H3,(H,24,27). The molecule has 0 aliphatic carbocycles. The van der Waals surface area contributed by atoms with Crippen LogP contribution in [0.5, 0.6) is 0 Å². The number of hydrogen-bond donors (Lipinski definition) is 1. The Hall–Kier alpha value is -3.12. The number of fused-ring (bicyclic) bond motifs is 1. The highest BCUT2D eigenvalue weighted by atomic mass is 32.2. The summed E-state index contributed by atoms with van der Waals surface area (Å²) in [6.07, 6.45) is 0.666. The topological polar surface area (TPSA) is 68.0 Å². The Morgan fingerprint density at radius 2 is 1.76 bits per heavy atom. The van der Waals surface area contributed by atoms with Crippen LogP contribution in [0.1, 0.15) is 24.3 Å². The second-order valence-electron chi connectivity index (χ2n) is 6.84. The van der Waals surface area contributed by atoms with Crippen molar-refractivity contribution in [3.8, 4) is 0 Å². The Labute approximate surface area is 173 Å². The summed E-state index contributed by atoms with van der Waals surface area (Å²) in [5, 5.41) is 13.7. The number of carbonyl (C=O) groups is 1. The zero-order valence-corrected chi connectivity index (χ0v) is 16.9. The third-order valence-corrected chi connectivity index (χ3v) is 5.51. The minimum Gasteiger partial charge on any atom is -0.416 e. The van der Waals surface area contributed by atoms with Crippen molar-refractivity contribution in [2.45, 2.75) is 24.5 Å². The van der Waals surface area contributed by atoms with Crippen molar-refractivity contribution in [1.82, 2.24) is 10.2 Å². The van der Waals surface area contributed by atoms with E-state index >= 15 is 0 Å². The van der Waals surface area contributed by atoms with Gasteiger partial charge in [-0.05, 0) is 22.9 Å².